The first-order valence-corrected chi connectivity index (χ1v) is 5.08. The molecule has 1 aromatic heterocycles. The molecule has 0 spiro atoms. The first-order valence-electron chi connectivity index (χ1n) is 4.20. The zero-order valence-electron chi connectivity index (χ0n) is 7.44. The van der Waals surface area contributed by atoms with Crippen molar-refractivity contribution in [1.29, 1.82) is 0 Å². The van der Waals surface area contributed by atoms with Crippen LogP contribution in [-0.2, 0) is 0 Å². The molecule has 70 valence electrons. The SMILES string of the molecule is Nc1ccsc1-c1ccccc1C=O. The summed E-state index contributed by atoms with van der Waals surface area (Å²) in [5, 5.41) is 1.92. The van der Waals surface area contributed by atoms with Crippen LogP contribution in [0, 0.1) is 0 Å². The Morgan fingerprint density at radius 1 is 1.21 bits per heavy atom. The summed E-state index contributed by atoms with van der Waals surface area (Å²) in [6.45, 7) is 0. The number of nitrogen functional groups attached to an aromatic ring is 1. The van der Waals surface area contributed by atoms with Crippen LogP contribution in [0.25, 0.3) is 10.4 Å². The average Bonchev–Trinajstić information content (AvgIpc) is 2.64. The number of carbonyl (C=O) groups excluding carboxylic acids is 1. The predicted molar refractivity (Wildman–Crippen MR) is 59.6 cm³/mol. The molecule has 0 fully saturated rings. The van der Waals surface area contributed by atoms with Crippen molar-refractivity contribution < 1.29 is 4.79 Å². The molecule has 0 saturated heterocycles. The summed E-state index contributed by atoms with van der Waals surface area (Å²) in [6.07, 6.45) is 0.856. The quantitative estimate of drug-likeness (QED) is 0.763. The van der Waals surface area contributed by atoms with E-state index in [1.165, 1.54) is 0 Å². The molecule has 14 heavy (non-hydrogen) atoms. The fourth-order valence-corrected chi connectivity index (χ4v) is 2.21. The number of hydrogen-bond donors (Lipinski definition) is 1. The van der Waals surface area contributed by atoms with Crippen LogP contribution in [0.15, 0.2) is 35.7 Å². The second-order valence-corrected chi connectivity index (χ2v) is 3.83. The smallest absolute Gasteiger partial charge is 0.150 e. The van der Waals surface area contributed by atoms with Gasteiger partial charge >= 0.3 is 0 Å². The van der Waals surface area contributed by atoms with Gasteiger partial charge in [-0.3, -0.25) is 4.79 Å². The van der Waals surface area contributed by atoms with E-state index in [0.717, 1.165) is 22.4 Å². The number of hydrogen-bond acceptors (Lipinski definition) is 3. The van der Waals surface area contributed by atoms with E-state index in [9.17, 15) is 4.79 Å². The Hall–Kier alpha value is -1.61. The largest absolute Gasteiger partial charge is 0.398 e. The molecule has 0 aliphatic carbocycles. The molecule has 0 amide bonds. The summed E-state index contributed by atoms with van der Waals surface area (Å²) in [7, 11) is 0. The summed E-state index contributed by atoms with van der Waals surface area (Å²) >= 11 is 1.55. The summed E-state index contributed by atoms with van der Waals surface area (Å²) in [4.78, 5) is 11.8. The Labute approximate surface area is 86.0 Å². The topological polar surface area (TPSA) is 43.1 Å². The molecule has 3 heteroatoms. The normalized spacial score (nSPS) is 10.0. The van der Waals surface area contributed by atoms with Crippen LogP contribution in [0.3, 0.4) is 0 Å². The van der Waals surface area contributed by atoms with Gasteiger partial charge in [0.05, 0.1) is 10.6 Å². The summed E-state index contributed by atoms with van der Waals surface area (Å²) in [5.41, 5.74) is 8.11. The monoisotopic (exact) mass is 203 g/mol. The van der Waals surface area contributed by atoms with Gasteiger partial charge in [-0.25, -0.2) is 0 Å². The third-order valence-corrected chi connectivity index (χ3v) is 2.99. The molecule has 0 radical (unpaired) electrons. The zero-order chi connectivity index (χ0) is 9.97. The Morgan fingerprint density at radius 3 is 2.64 bits per heavy atom. The van der Waals surface area contributed by atoms with E-state index < -0.39 is 0 Å². The molecule has 0 aliphatic rings. The van der Waals surface area contributed by atoms with Crippen molar-refractivity contribution >= 4 is 23.3 Å². The van der Waals surface area contributed by atoms with Crippen LogP contribution >= 0.6 is 11.3 Å². The van der Waals surface area contributed by atoms with Gasteiger partial charge in [-0.05, 0) is 11.4 Å². The lowest BCUT2D eigenvalue weighted by Crippen LogP contribution is -1.88. The van der Waals surface area contributed by atoms with Crippen molar-refractivity contribution in [1.82, 2.24) is 0 Å². The average molecular weight is 203 g/mol. The minimum atomic E-state index is 0.682. The van der Waals surface area contributed by atoms with Gasteiger partial charge in [0.1, 0.15) is 0 Å². The fraction of sp³-hybridized carbons (Fsp3) is 0. The molecule has 0 aliphatic heterocycles. The minimum Gasteiger partial charge on any atom is -0.398 e. The van der Waals surface area contributed by atoms with Gasteiger partial charge in [0.25, 0.3) is 0 Å². The zero-order valence-corrected chi connectivity index (χ0v) is 8.25. The van der Waals surface area contributed by atoms with Crippen LogP contribution in [0.1, 0.15) is 10.4 Å². The molecular weight excluding hydrogens is 194 g/mol. The number of rotatable bonds is 2. The highest BCUT2D eigenvalue weighted by atomic mass is 32.1. The highest BCUT2D eigenvalue weighted by molar-refractivity contribution is 7.14. The number of nitrogens with two attached hydrogens (primary N) is 1. The molecule has 0 atom stereocenters. The molecule has 0 saturated carbocycles. The van der Waals surface area contributed by atoms with Crippen molar-refractivity contribution in [3.8, 4) is 10.4 Å². The first kappa shape index (κ1) is 8.97. The molecule has 2 rings (SSSR count). The van der Waals surface area contributed by atoms with Gasteiger partial charge in [0.2, 0.25) is 0 Å². The highest BCUT2D eigenvalue weighted by Gasteiger charge is 2.07. The van der Waals surface area contributed by atoms with E-state index in [2.05, 4.69) is 0 Å². The van der Waals surface area contributed by atoms with E-state index in [0.29, 0.717) is 5.56 Å². The Bertz CT molecular complexity index is 462. The van der Waals surface area contributed by atoms with E-state index in [4.69, 9.17) is 5.73 Å². The third kappa shape index (κ3) is 1.42. The van der Waals surface area contributed by atoms with Crippen LogP contribution in [0.4, 0.5) is 5.69 Å². The van der Waals surface area contributed by atoms with Gasteiger partial charge in [0.15, 0.2) is 6.29 Å². The molecule has 2 N–H and O–H groups in total. The van der Waals surface area contributed by atoms with Gasteiger partial charge in [-0.1, -0.05) is 24.3 Å². The summed E-state index contributed by atoms with van der Waals surface area (Å²) < 4.78 is 0. The van der Waals surface area contributed by atoms with Crippen molar-refractivity contribution in [2.75, 3.05) is 5.73 Å². The first-order chi connectivity index (χ1) is 6.83. The van der Waals surface area contributed by atoms with E-state index >= 15 is 0 Å². The molecule has 2 aromatic rings. The van der Waals surface area contributed by atoms with Crippen LogP contribution in [-0.4, -0.2) is 6.29 Å². The predicted octanol–water partition coefficient (Wildman–Crippen LogP) is 2.81. The van der Waals surface area contributed by atoms with Gasteiger partial charge in [0, 0.05) is 11.1 Å². The lowest BCUT2D eigenvalue weighted by Gasteiger charge is -2.02. The minimum absolute atomic E-state index is 0.682. The molecule has 2 nitrogen and oxygen atoms in total. The maximum absolute atomic E-state index is 10.8. The third-order valence-electron chi connectivity index (χ3n) is 2.03. The Balaban J connectivity index is 2.62. The van der Waals surface area contributed by atoms with Crippen LogP contribution < -0.4 is 5.73 Å². The van der Waals surface area contributed by atoms with Crippen molar-refractivity contribution in [3.63, 3.8) is 0 Å². The second-order valence-electron chi connectivity index (χ2n) is 2.91. The molecule has 1 aromatic carbocycles. The lowest BCUT2D eigenvalue weighted by molar-refractivity contribution is 0.112. The fourth-order valence-electron chi connectivity index (χ4n) is 1.34. The summed E-state index contributed by atoms with van der Waals surface area (Å²) in [5.74, 6) is 0. The number of anilines is 1. The van der Waals surface area contributed by atoms with Gasteiger partial charge < -0.3 is 5.73 Å². The van der Waals surface area contributed by atoms with E-state index in [1.807, 2.05) is 29.6 Å². The van der Waals surface area contributed by atoms with Gasteiger partial charge in [-0.2, -0.15) is 0 Å². The molecule has 0 bridgehead atoms. The number of benzene rings is 1. The van der Waals surface area contributed by atoms with Crippen molar-refractivity contribution in [2.24, 2.45) is 0 Å². The van der Waals surface area contributed by atoms with Crippen molar-refractivity contribution in [2.45, 2.75) is 0 Å². The summed E-state index contributed by atoms with van der Waals surface area (Å²) in [6, 6.07) is 9.30. The van der Waals surface area contributed by atoms with E-state index in [1.54, 1.807) is 17.4 Å². The number of thiophene rings is 1. The maximum Gasteiger partial charge on any atom is 0.150 e. The van der Waals surface area contributed by atoms with Gasteiger partial charge in [-0.15, -0.1) is 11.3 Å². The Kier molecular flexibility index (Phi) is 2.33. The maximum atomic E-state index is 10.8. The lowest BCUT2D eigenvalue weighted by atomic mass is 10.1. The molecule has 0 unspecified atom stereocenters. The molecular formula is C11H9NOS. The number of aldehydes is 1. The highest BCUT2D eigenvalue weighted by Crippen LogP contribution is 2.32. The van der Waals surface area contributed by atoms with Crippen LogP contribution in [0.2, 0.25) is 0 Å². The van der Waals surface area contributed by atoms with Crippen LogP contribution in [0.5, 0.6) is 0 Å². The van der Waals surface area contributed by atoms with Crippen molar-refractivity contribution in [3.05, 3.63) is 41.3 Å². The Morgan fingerprint density at radius 2 is 2.00 bits per heavy atom. The molecule has 1 heterocycles. The number of carbonyl (C=O) groups is 1. The van der Waals surface area contributed by atoms with E-state index in [-0.39, 0.29) is 0 Å². The standard InChI is InChI=1S/C11H9NOS/c12-10-5-6-14-11(10)9-4-2-1-3-8(9)7-13/h1-7H,12H2. The second kappa shape index (κ2) is 3.64.